The summed E-state index contributed by atoms with van der Waals surface area (Å²) in [5, 5.41) is 3.47. The minimum atomic E-state index is 0.463. The molecule has 4 heteroatoms. The van der Waals surface area contributed by atoms with Gasteiger partial charge < -0.3 is 9.88 Å². The van der Waals surface area contributed by atoms with Gasteiger partial charge in [0.1, 0.15) is 5.82 Å². The smallest absolute Gasteiger partial charge is 0.109 e. The van der Waals surface area contributed by atoms with Crippen LogP contribution in [0, 0.1) is 0 Å². The molecule has 2 heterocycles. The number of aryl methyl sites for hydroxylation is 2. The lowest BCUT2D eigenvalue weighted by atomic mass is 10.0. The first-order valence-electron chi connectivity index (χ1n) is 7.07. The third kappa shape index (κ3) is 2.15. The quantitative estimate of drug-likeness (QED) is 0.890. The van der Waals surface area contributed by atoms with Crippen LogP contribution in [0.4, 0.5) is 0 Å². The van der Waals surface area contributed by atoms with Crippen LogP contribution in [0.2, 0.25) is 0 Å². The van der Waals surface area contributed by atoms with Crippen molar-refractivity contribution in [1.29, 1.82) is 0 Å². The summed E-state index contributed by atoms with van der Waals surface area (Å²) in [5.74, 6) is 1.15. The summed E-state index contributed by atoms with van der Waals surface area (Å²) >= 11 is 0. The molecule has 102 valence electrons. The summed E-state index contributed by atoms with van der Waals surface area (Å²) in [6.45, 7) is 5.36. The van der Waals surface area contributed by atoms with Gasteiger partial charge in [-0.05, 0) is 24.7 Å². The van der Waals surface area contributed by atoms with E-state index in [-0.39, 0.29) is 0 Å². The van der Waals surface area contributed by atoms with Crippen LogP contribution in [0.25, 0.3) is 11.0 Å². The van der Waals surface area contributed by atoms with Crippen LogP contribution >= 0.6 is 0 Å². The maximum absolute atomic E-state index is 4.74. The molecular formula is C15H22N4. The van der Waals surface area contributed by atoms with Crippen LogP contribution in [0.1, 0.15) is 24.4 Å². The number of imidazole rings is 1. The van der Waals surface area contributed by atoms with Crippen molar-refractivity contribution in [3.05, 3.63) is 29.6 Å². The van der Waals surface area contributed by atoms with Gasteiger partial charge in [0.25, 0.3) is 0 Å². The molecule has 1 saturated heterocycles. The maximum Gasteiger partial charge on any atom is 0.109 e. The number of hydrogen-bond acceptors (Lipinski definition) is 3. The highest BCUT2D eigenvalue weighted by Crippen LogP contribution is 2.25. The molecule has 4 nitrogen and oxygen atoms in total. The van der Waals surface area contributed by atoms with E-state index in [9.17, 15) is 0 Å². The molecular weight excluding hydrogens is 236 g/mol. The summed E-state index contributed by atoms with van der Waals surface area (Å²) in [4.78, 5) is 7.15. The molecule has 1 atom stereocenters. The fraction of sp³-hybridized carbons (Fsp3) is 0.533. The Morgan fingerprint density at radius 2 is 2.21 bits per heavy atom. The van der Waals surface area contributed by atoms with Crippen molar-refractivity contribution < 1.29 is 0 Å². The molecule has 1 aromatic carbocycles. The minimum Gasteiger partial charge on any atom is -0.331 e. The molecule has 19 heavy (non-hydrogen) atoms. The number of hydrogen-bond donors (Lipinski definition) is 1. The molecule has 1 unspecified atom stereocenters. The van der Waals surface area contributed by atoms with E-state index in [1.165, 1.54) is 11.1 Å². The summed E-state index contributed by atoms with van der Waals surface area (Å²) < 4.78 is 2.20. The first-order valence-corrected chi connectivity index (χ1v) is 7.07. The van der Waals surface area contributed by atoms with Gasteiger partial charge in [0.2, 0.25) is 0 Å². The normalized spacial score (nSPS) is 21.1. The Bertz CT molecular complexity index is 587. The van der Waals surface area contributed by atoms with E-state index < -0.39 is 0 Å². The van der Waals surface area contributed by atoms with Crippen LogP contribution in [-0.4, -0.2) is 41.1 Å². The molecule has 1 aromatic heterocycles. The number of aromatic nitrogens is 2. The Labute approximate surface area is 114 Å². The number of benzene rings is 1. The van der Waals surface area contributed by atoms with Crippen LogP contribution < -0.4 is 5.32 Å². The molecule has 0 amide bonds. The Kier molecular flexibility index (Phi) is 3.29. The van der Waals surface area contributed by atoms with Crippen molar-refractivity contribution in [3.63, 3.8) is 0 Å². The number of piperazine rings is 1. The van der Waals surface area contributed by atoms with E-state index in [0.29, 0.717) is 6.04 Å². The zero-order valence-corrected chi connectivity index (χ0v) is 12.0. The summed E-state index contributed by atoms with van der Waals surface area (Å²) in [5.41, 5.74) is 3.71. The van der Waals surface area contributed by atoms with E-state index in [2.05, 4.69) is 54.0 Å². The molecule has 3 rings (SSSR count). The third-order valence-corrected chi connectivity index (χ3v) is 4.21. The van der Waals surface area contributed by atoms with Crippen LogP contribution in [0.15, 0.2) is 18.2 Å². The molecule has 1 fully saturated rings. The molecule has 0 bridgehead atoms. The predicted molar refractivity (Wildman–Crippen MR) is 78.3 cm³/mol. The standard InChI is InChI=1S/C15H22N4/c1-4-15-17-12-9-11(5-6-13(12)19(15)3)14-10-16-7-8-18(14)2/h5-6,9,14,16H,4,7-8,10H2,1-3H3. The van der Waals surface area contributed by atoms with E-state index in [1.54, 1.807) is 0 Å². The molecule has 1 N–H and O–H groups in total. The van der Waals surface area contributed by atoms with Crippen LogP contribution in [0.5, 0.6) is 0 Å². The second-order valence-corrected chi connectivity index (χ2v) is 5.39. The number of rotatable bonds is 2. The summed E-state index contributed by atoms with van der Waals surface area (Å²) in [6, 6.07) is 7.17. The second kappa shape index (κ2) is 4.94. The van der Waals surface area contributed by atoms with Crippen molar-refractivity contribution in [3.8, 4) is 0 Å². The van der Waals surface area contributed by atoms with E-state index >= 15 is 0 Å². The lowest BCUT2D eigenvalue weighted by molar-refractivity contribution is 0.202. The molecule has 1 aliphatic heterocycles. The van der Waals surface area contributed by atoms with Crippen LogP contribution in [-0.2, 0) is 13.5 Å². The Morgan fingerprint density at radius 3 is 2.95 bits per heavy atom. The Hall–Kier alpha value is -1.39. The van der Waals surface area contributed by atoms with Gasteiger partial charge in [-0.1, -0.05) is 13.0 Å². The largest absolute Gasteiger partial charge is 0.331 e. The van der Waals surface area contributed by atoms with E-state index in [1.807, 2.05) is 0 Å². The average molecular weight is 258 g/mol. The zero-order chi connectivity index (χ0) is 13.4. The van der Waals surface area contributed by atoms with Crippen molar-refractivity contribution in [2.24, 2.45) is 7.05 Å². The monoisotopic (exact) mass is 258 g/mol. The summed E-state index contributed by atoms with van der Waals surface area (Å²) in [7, 11) is 4.30. The van der Waals surface area contributed by atoms with Gasteiger partial charge in [0.05, 0.1) is 11.0 Å². The molecule has 0 radical (unpaired) electrons. The molecule has 0 spiro atoms. The van der Waals surface area contributed by atoms with Gasteiger partial charge in [-0.15, -0.1) is 0 Å². The molecule has 0 saturated carbocycles. The first kappa shape index (κ1) is 12.6. The number of nitrogens with zero attached hydrogens (tertiary/aromatic N) is 3. The van der Waals surface area contributed by atoms with Gasteiger partial charge in [0.15, 0.2) is 0 Å². The highest BCUT2D eigenvalue weighted by Gasteiger charge is 2.21. The minimum absolute atomic E-state index is 0.463. The lowest BCUT2D eigenvalue weighted by Gasteiger charge is -2.33. The number of nitrogens with one attached hydrogen (secondary N) is 1. The Balaban J connectivity index is 2.01. The van der Waals surface area contributed by atoms with Gasteiger partial charge in [0, 0.05) is 39.1 Å². The van der Waals surface area contributed by atoms with E-state index in [0.717, 1.165) is 37.4 Å². The predicted octanol–water partition coefficient (Wildman–Crippen LogP) is 1.71. The highest BCUT2D eigenvalue weighted by atomic mass is 15.2. The molecule has 2 aromatic rings. The number of likely N-dealkylation sites (N-methyl/N-ethyl adjacent to an activating group) is 1. The molecule has 0 aliphatic carbocycles. The fourth-order valence-electron chi connectivity index (χ4n) is 2.97. The maximum atomic E-state index is 4.74. The highest BCUT2D eigenvalue weighted by molar-refractivity contribution is 5.77. The fourth-order valence-corrected chi connectivity index (χ4v) is 2.97. The summed E-state index contributed by atoms with van der Waals surface area (Å²) in [6.07, 6.45) is 0.978. The number of fused-ring (bicyclic) bond motifs is 1. The topological polar surface area (TPSA) is 33.1 Å². The van der Waals surface area contributed by atoms with Crippen molar-refractivity contribution >= 4 is 11.0 Å². The third-order valence-electron chi connectivity index (χ3n) is 4.21. The first-order chi connectivity index (χ1) is 9.20. The Morgan fingerprint density at radius 1 is 1.37 bits per heavy atom. The van der Waals surface area contributed by atoms with E-state index in [4.69, 9.17) is 4.98 Å². The second-order valence-electron chi connectivity index (χ2n) is 5.39. The van der Waals surface area contributed by atoms with Gasteiger partial charge >= 0.3 is 0 Å². The van der Waals surface area contributed by atoms with Crippen molar-refractivity contribution in [1.82, 2.24) is 19.8 Å². The average Bonchev–Trinajstić information content (AvgIpc) is 2.75. The van der Waals surface area contributed by atoms with Gasteiger partial charge in [-0.25, -0.2) is 4.98 Å². The van der Waals surface area contributed by atoms with Crippen LogP contribution in [0.3, 0.4) is 0 Å². The van der Waals surface area contributed by atoms with Crippen molar-refractivity contribution in [2.75, 3.05) is 26.7 Å². The zero-order valence-electron chi connectivity index (χ0n) is 12.0. The molecule has 1 aliphatic rings. The SMILES string of the molecule is CCc1nc2cc(C3CNCCN3C)ccc2n1C. The van der Waals surface area contributed by atoms with Gasteiger partial charge in [-0.2, -0.15) is 0 Å². The lowest BCUT2D eigenvalue weighted by Crippen LogP contribution is -2.43. The van der Waals surface area contributed by atoms with Gasteiger partial charge in [-0.3, -0.25) is 4.90 Å². The van der Waals surface area contributed by atoms with Crippen molar-refractivity contribution in [2.45, 2.75) is 19.4 Å².